The molecule has 62 heavy (non-hydrogen) atoms. The summed E-state index contributed by atoms with van der Waals surface area (Å²) in [6, 6.07) is 17.0. The second kappa shape index (κ2) is 26.8. The number of carbonyl (C=O) groups is 4. The van der Waals surface area contributed by atoms with Gasteiger partial charge < -0.3 is 56.8 Å². The highest BCUT2D eigenvalue weighted by molar-refractivity contribution is 5.89. The van der Waals surface area contributed by atoms with Crippen LogP contribution in [0.4, 0.5) is 0 Å². The van der Waals surface area contributed by atoms with Gasteiger partial charge in [0.25, 0.3) is 0 Å². The maximum absolute atomic E-state index is 12.4. The minimum Gasteiger partial charge on any atom is -0.462 e. The normalized spacial score (nSPS) is 11.6. The molecule has 0 saturated heterocycles. The van der Waals surface area contributed by atoms with Crippen molar-refractivity contribution in [1.82, 2.24) is 0 Å². The summed E-state index contributed by atoms with van der Waals surface area (Å²) in [6.07, 6.45) is 9.08. The van der Waals surface area contributed by atoms with Crippen LogP contribution >= 0.6 is 0 Å². The molecule has 0 radical (unpaired) electrons. The summed E-state index contributed by atoms with van der Waals surface area (Å²) in [4.78, 5) is 48.6. The Labute approximate surface area is 359 Å². The molecule has 0 saturated carbocycles. The van der Waals surface area contributed by atoms with Crippen molar-refractivity contribution in [3.63, 3.8) is 0 Å². The number of methoxy groups -OCH3 is 4. The van der Waals surface area contributed by atoms with Crippen LogP contribution < -0.4 is 18.9 Å². The maximum atomic E-state index is 12.4. The van der Waals surface area contributed by atoms with Crippen molar-refractivity contribution in [1.29, 1.82) is 0 Å². The Hall–Kier alpha value is -7.24. The first-order valence-electron chi connectivity index (χ1n) is 18.4. The molecular formula is C46H48O16. The average Bonchev–Trinajstić information content (AvgIpc) is 3.27. The van der Waals surface area contributed by atoms with Gasteiger partial charge in [-0.25, -0.2) is 14.4 Å². The van der Waals surface area contributed by atoms with Crippen LogP contribution in [-0.2, 0) is 57.1 Å². The maximum Gasteiger partial charge on any atom is 0.340 e. The van der Waals surface area contributed by atoms with Gasteiger partial charge in [0.1, 0.15) is 73.1 Å². The molecule has 0 fully saturated rings. The van der Waals surface area contributed by atoms with E-state index in [2.05, 4.69) is 19.7 Å². The molecule has 1 unspecified atom stereocenters. The van der Waals surface area contributed by atoms with Gasteiger partial charge in [-0.2, -0.15) is 0 Å². The average molecular weight is 857 g/mol. The van der Waals surface area contributed by atoms with Gasteiger partial charge in [0.2, 0.25) is 0 Å². The Balaban J connectivity index is 2.01. The van der Waals surface area contributed by atoms with Gasteiger partial charge in [-0.15, -0.1) is 0 Å². The van der Waals surface area contributed by atoms with Gasteiger partial charge in [-0.3, -0.25) is 4.79 Å². The van der Waals surface area contributed by atoms with Crippen LogP contribution in [0.25, 0.3) is 22.3 Å². The van der Waals surface area contributed by atoms with E-state index in [1.165, 1.54) is 53.5 Å². The Bertz CT molecular complexity index is 2130. The van der Waals surface area contributed by atoms with E-state index < -0.39 is 29.8 Å². The summed E-state index contributed by atoms with van der Waals surface area (Å²) < 4.78 is 63.4. The Morgan fingerprint density at radius 1 is 0.484 bits per heavy atom. The quantitative estimate of drug-likeness (QED) is 0.0335. The Morgan fingerprint density at radius 3 is 1.16 bits per heavy atom. The summed E-state index contributed by atoms with van der Waals surface area (Å²) in [6.45, 7) is 12.7. The largest absolute Gasteiger partial charge is 0.462 e. The van der Waals surface area contributed by atoms with Gasteiger partial charge in [-0.1, -0.05) is 44.0 Å². The van der Waals surface area contributed by atoms with Crippen molar-refractivity contribution in [3.05, 3.63) is 147 Å². The van der Waals surface area contributed by atoms with Crippen molar-refractivity contribution in [2.75, 3.05) is 54.9 Å². The molecule has 0 bridgehead atoms. The molecule has 3 rings (SSSR count). The molecule has 0 heterocycles. The molecule has 0 amide bonds. The third kappa shape index (κ3) is 16.4. The van der Waals surface area contributed by atoms with Gasteiger partial charge in [0, 0.05) is 39.6 Å². The monoisotopic (exact) mass is 856 g/mol. The Kier molecular flexibility index (Phi) is 21.2. The number of hydrogen-bond acceptors (Lipinski definition) is 16. The molecule has 0 aliphatic carbocycles. The molecular weight excluding hydrogens is 808 g/mol. The molecule has 3 aromatic rings. The fourth-order valence-electron chi connectivity index (χ4n) is 4.79. The zero-order valence-corrected chi connectivity index (χ0v) is 35.0. The minimum absolute atomic E-state index is 0.0194. The van der Waals surface area contributed by atoms with Gasteiger partial charge in [-0.05, 0) is 54.4 Å². The van der Waals surface area contributed by atoms with Crippen LogP contribution in [0.5, 0.6) is 23.0 Å². The fourth-order valence-corrected chi connectivity index (χ4v) is 4.79. The molecule has 16 heteroatoms. The number of hydrogen-bond donors (Lipinski definition) is 0. The molecule has 1 atom stereocenters. The van der Waals surface area contributed by atoms with E-state index in [4.69, 9.17) is 56.8 Å². The first kappa shape index (κ1) is 49.1. The third-order valence-corrected chi connectivity index (χ3v) is 7.78. The third-order valence-electron chi connectivity index (χ3n) is 7.78. The predicted octanol–water partition coefficient (Wildman–Crippen LogP) is 7.48. The zero-order valence-electron chi connectivity index (χ0n) is 35.0. The number of benzene rings is 3. The lowest BCUT2D eigenvalue weighted by molar-refractivity contribution is -0.144. The molecule has 0 aliphatic heterocycles. The number of ether oxygens (including phenoxy) is 12. The first-order valence-corrected chi connectivity index (χ1v) is 18.4. The number of esters is 4. The highest BCUT2D eigenvalue weighted by atomic mass is 16.6. The number of carbonyl (C=O) groups excluding carboxylic acids is 4. The molecule has 0 aromatic heterocycles. The minimum atomic E-state index is -0.716. The number of rotatable bonds is 26. The highest BCUT2D eigenvalue weighted by Gasteiger charge is 2.17. The molecule has 0 aliphatic rings. The lowest BCUT2D eigenvalue weighted by atomic mass is 9.97. The van der Waals surface area contributed by atoms with Crippen molar-refractivity contribution >= 4 is 23.9 Å². The van der Waals surface area contributed by atoms with E-state index in [1.807, 2.05) is 0 Å². The molecule has 0 spiro atoms. The summed E-state index contributed by atoms with van der Waals surface area (Å²) in [5.74, 6) is -1.72. The summed E-state index contributed by atoms with van der Waals surface area (Å²) in [5, 5.41) is 0. The summed E-state index contributed by atoms with van der Waals surface area (Å²) in [5.41, 5.74) is 2.62. The fraction of sp³-hybridized carbons (Fsp3) is 0.217. The van der Waals surface area contributed by atoms with E-state index >= 15 is 0 Å². The van der Waals surface area contributed by atoms with Crippen molar-refractivity contribution < 1.29 is 76.0 Å². The molecule has 328 valence electrons. The molecule has 3 aromatic carbocycles. The highest BCUT2D eigenvalue weighted by Crippen LogP contribution is 2.42. The Morgan fingerprint density at radius 2 is 0.823 bits per heavy atom. The van der Waals surface area contributed by atoms with Crippen molar-refractivity contribution in [3.8, 4) is 45.3 Å². The second-order valence-electron chi connectivity index (χ2n) is 12.6. The van der Waals surface area contributed by atoms with Crippen molar-refractivity contribution in [2.24, 2.45) is 5.92 Å². The van der Waals surface area contributed by atoms with E-state index in [1.54, 1.807) is 67.6 Å². The van der Waals surface area contributed by atoms with E-state index in [0.29, 0.717) is 39.5 Å². The smallest absolute Gasteiger partial charge is 0.340 e. The first-order chi connectivity index (χ1) is 29.9. The standard InChI is InChI=1S/C46H48O16/c1-31(27-51-5)43(47)59-21-17-55-37-13-9-35(10-14-37)39-25-42(58-20-24-62-46(50)34(4)30-54-8)40(26-41(39)57-19-23-61-45(49)33(3)29-53-7)36-11-15-38(16-12-36)56-18-22-60-44(48)32(2)28-52-6/h9-26,34H,1-3,27-30H2,4-8H3/b21-17-,22-18-,23-19-,24-20-. The lowest BCUT2D eigenvalue weighted by Crippen LogP contribution is -2.17. The van der Waals surface area contributed by atoms with Crippen molar-refractivity contribution in [2.45, 2.75) is 6.92 Å². The van der Waals surface area contributed by atoms with Crippen LogP contribution in [0.3, 0.4) is 0 Å². The van der Waals surface area contributed by atoms with E-state index in [0.717, 1.165) is 25.0 Å². The van der Waals surface area contributed by atoms with Crippen LogP contribution in [-0.4, -0.2) is 78.7 Å². The topological polar surface area (TPSA) is 179 Å². The van der Waals surface area contributed by atoms with Gasteiger partial charge >= 0.3 is 23.9 Å². The lowest BCUT2D eigenvalue weighted by Gasteiger charge is -2.16. The van der Waals surface area contributed by atoms with E-state index in [9.17, 15) is 19.2 Å². The zero-order chi connectivity index (χ0) is 45.3. The van der Waals surface area contributed by atoms with Crippen LogP contribution in [0.1, 0.15) is 6.92 Å². The van der Waals surface area contributed by atoms with Gasteiger partial charge in [0.05, 0.1) is 49.1 Å². The molecule has 0 N–H and O–H groups in total. The molecule has 16 nitrogen and oxygen atoms in total. The predicted molar refractivity (Wildman–Crippen MR) is 225 cm³/mol. The van der Waals surface area contributed by atoms with Crippen LogP contribution in [0, 0.1) is 5.92 Å². The van der Waals surface area contributed by atoms with Crippen LogP contribution in [0.15, 0.2) is 147 Å². The second-order valence-corrected chi connectivity index (χ2v) is 12.6. The van der Waals surface area contributed by atoms with Crippen LogP contribution in [0.2, 0.25) is 0 Å². The van der Waals surface area contributed by atoms with Gasteiger partial charge in [0.15, 0.2) is 0 Å². The summed E-state index contributed by atoms with van der Waals surface area (Å²) in [7, 11) is 5.77. The SMILES string of the molecule is C=C(COC)C(=O)O/C=C\Oc1ccc(-c2cc(O/C=C\OC(=O)C(C)COC)c(-c3ccc(O/C=C\OC(=O)C(=C)COC)cc3)cc2O/C=C\OC(=O)C(=C)COC)cc1. The van der Waals surface area contributed by atoms with E-state index in [-0.39, 0.29) is 48.9 Å². The summed E-state index contributed by atoms with van der Waals surface area (Å²) >= 11 is 0.